The second-order valence-electron chi connectivity index (χ2n) is 3.17. The Hall–Kier alpha value is 1.42. The van der Waals surface area contributed by atoms with E-state index in [0.717, 1.165) is 0 Å². The summed E-state index contributed by atoms with van der Waals surface area (Å²) in [6.45, 7) is 11.0. The Labute approximate surface area is 133 Å². The van der Waals surface area contributed by atoms with E-state index < -0.39 is 0 Å². The summed E-state index contributed by atoms with van der Waals surface area (Å²) in [5.41, 5.74) is 7.34. The predicted octanol–water partition coefficient (Wildman–Crippen LogP) is -4.66. The molecule has 0 aliphatic rings. The molecule has 6 heteroatoms. The van der Waals surface area contributed by atoms with Gasteiger partial charge in [0.15, 0.2) is 0 Å². The Bertz CT molecular complexity index is 203. The van der Waals surface area contributed by atoms with E-state index >= 15 is 0 Å². The summed E-state index contributed by atoms with van der Waals surface area (Å²) in [4.78, 5) is 0. The summed E-state index contributed by atoms with van der Waals surface area (Å²) in [7, 11) is 9.67. The maximum absolute atomic E-state index is 4.83. The molecule has 0 aliphatic heterocycles. The van der Waals surface area contributed by atoms with Crippen molar-refractivity contribution < 1.29 is 52.4 Å². The van der Waals surface area contributed by atoms with Crippen molar-refractivity contribution in [1.29, 1.82) is 0 Å². The third-order valence-electron chi connectivity index (χ3n) is 2.81. The zero-order chi connectivity index (χ0) is 10.6. The molecule has 103 valence electrons. The summed E-state index contributed by atoms with van der Waals surface area (Å²) in [6.07, 6.45) is 0. The molecule has 0 aliphatic carbocycles. The van der Waals surface area contributed by atoms with Gasteiger partial charge < -0.3 is 37.2 Å². The van der Waals surface area contributed by atoms with Crippen LogP contribution in [-0.2, 0) is 15.1 Å². The van der Waals surface area contributed by atoms with Crippen molar-refractivity contribution in [1.82, 2.24) is 0 Å². The van der Waals surface area contributed by atoms with E-state index in [0.29, 0.717) is 0 Å². The number of hydrogen-bond acceptors (Lipinski definition) is 0. The number of hydrogen-bond donors (Lipinski definition) is 0. The molecule has 1 rings (SSSR count). The van der Waals surface area contributed by atoms with Crippen LogP contribution in [0.4, 0.5) is 0 Å². The van der Waals surface area contributed by atoms with Crippen LogP contribution < -0.4 is 37.2 Å². The first-order valence-corrected chi connectivity index (χ1v) is 8.22. The number of halogens is 5. The SMILES string of the molecule is Cc1c(C)c(C)[c-](C)c1C.[Cl-].[Cl-].[Cl-].[Cl][Rh][Cl]. The Kier molecular flexibility index (Phi) is 21.0. The predicted molar refractivity (Wildman–Crippen MR) is 57.4 cm³/mol. The monoisotopic (exact) mass is 413 g/mol. The van der Waals surface area contributed by atoms with E-state index in [1.165, 1.54) is 27.8 Å². The molecule has 0 nitrogen and oxygen atoms in total. The second kappa shape index (κ2) is 12.9. The van der Waals surface area contributed by atoms with Gasteiger partial charge >= 0.3 is 34.5 Å². The van der Waals surface area contributed by atoms with E-state index in [1.54, 1.807) is 0 Å². The summed E-state index contributed by atoms with van der Waals surface area (Å²) < 4.78 is 0. The average molecular weight is 415 g/mol. The van der Waals surface area contributed by atoms with Crippen LogP contribution in [0.3, 0.4) is 0 Å². The summed E-state index contributed by atoms with van der Waals surface area (Å²) >= 11 is -0.226. The fourth-order valence-electron chi connectivity index (χ4n) is 1.41. The molecule has 0 amide bonds. The third kappa shape index (κ3) is 6.99. The van der Waals surface area contributed by atoms with Crippen molar-refractivity contribution >= 4 is 19.4 Å². The molecule has 0 aromatic heterocycles. The summed E-state index contributed by atoms with van der Waals surface area (Å²) in [6, 6.07) is 0. The van der Waals surface area contributed by atoms with Gasteiger partial charge in [-0.1, -0.05) is 34.6 Å². The first kappa shape index (κ1) is 26.1. The van der Waals surface area contributed by atoms with Crippen molar-refractivity contribution in [3.8, 4) is 0 Å². The van der Waals surface area contributed by atoms with Crippen LogP contribution in [0.15, 0.2) is 0 Å². The molecule has 0 N–H and O–H groups in total. The summed E-state index contributed by atoms with van der Waals surface area (Å²) in [5, 5.41) is 0. The Morgan fingerprint density at radius 1 is 0.812 bits per heavy atom. The van der Waals surface area contributed by atoms with Crippen molar-refractivity contribution in [3.05, 3.63) is 27.8 Å². The molecular weight excluding hydrogens is 400 g/mol. The van der Waals surface area contributed by atoms with Gasteiger partial charge in [-0.2, -0.15) is 27.8 Å². The Balaban J connectivity index is -0.000000109. The minimum atomic E-state index is -0.226. The van der Waals surface area contributed by atoms with Crippen LogP contribution >= 0.6 is 19.4 Å². The second-order valence-corrected chi connectivity index (χ2v) is 5.66. The van der Waals surface area contributed by atoms with E-state index in [1.807, 2.05) is 0 Å². The van der Waals surface area contributed by atoms with Crippen LogP contribution in [0.25, 0.3) is 0 Å². The van der Waals surface area contributed by atoms with Crippen molar-refractivity contribution in [2.45, 2.75) is 34.6 Å². The van der Waals surface area contributed by atoms with Crippen LogP contribution in [0, 0.1) is 34.6 Å². The molecule has 16 heavy (non-hydrogen) atoms. The first-order valence-electron chi connectivity index (χ1n) is 4.00. The van der Waals surface area contributed by atoms with Gasteiger partial charge in [-0.25, -0.2) is 0 Å². The van der Waals surface area contributed by atoms with Gasteiger partial charge in [0.2, 0.25) is 0 Å². The van der Waals surface area contributed by atoms with E-state index in [4.69, 9.17) is 19.4 Å². The topological polar surface area (TPSA) is 0 Å². The van der Waals surface area contributed by atoms with Crippen LogP contribution in [0.1, 0.15) is 27.8 Å². The first-order chi connectivity index (χ1) is 5.97. The van der Waals surface area contributed by atoms with Crippen molar-refractivity contribution in [2.75, 3.05) is 0 Å². The van der Waals surface area contributed by atoms with E-state index in [-0.39, 0.29) is 52.4 Å². The molecule has 0 heterocycles. The zero-order valence-corrected chi connectivity index (χ0v) is 15.1. The Morgan fingerprint density at radius 3 is 1.06 bits per heavy atom. The van der Waals surface area contributed by atoms with Crippen LogP contribution in [-0.4, -0.2) is 0 Å². The van der Waals surface area contributed by atoms with Crippen LogP contribution in [0.2, 0.25) is 0 Å². The molecule has 0 fully saturated rings. The fraction of sp³-hybridized carbons (Fsp3) is 0.500. The zero-order valence-electron chi connectivity index (χ0n) is 9.72. The quantitative estimate of drug-likeness (QED) is 0.295. The van der Waals surface area contributed by atoms with Gasteiger partial charge in [-0.15, -0.1) is 0 Å². The van der Waals surface area contributed by atoms with Gasteiger partial charge in [-0.3, -0.25) is 0 Å². The molecule has 0 saturated carbocycles. The fourth-order valence-corrected chi connectivity index (χ4v) is 1.41. The van der Waals surface area contributed by atoms with Gasteiger partial charge in [0.25, 0.3) is 0 Å². The van der Waals surface area contributed by atoms with Gasteiger partial charge in [0, 0.05) is 0 Å². The maximum atomic E-state index is 4.83. The molecule has 0 unspecified atom stereocenters. The molecule has 0 saturated heterocycles. The average Bonchev–Trinajstić information content (AvgIpc) is 2.25. The third-order valence-corrected chi connectivity index (χ3v) is 2.81. The summed E-state index contributed by atoms with van der Waals surface area (Å²) in [5.74, 6) is 0. The molecular formula is C10H15Cl5Rh-4. The van der Waals surface area contributed by atoms with Crippen molar-refractivity contribution in [3.63, 3.8) is 0 Å². The van der Waals surface area contributed by atoms with E-state index in [9.17, 15) is 0 Å². The van der Waals surface area contributed by atoms with E-state index in [2.05, 4.69) is 34.6 Å². The van der Waals surface area contributed by atoms with Crippen molar-refractivity contribution in [2.24, 2.45) is 0 Å². The molecule has 0 bridgehead atoms. The molecule has 1 aromatic rings. The normalized spacial score (nSPS) is 7.94. The molecule has 0 atom stereocenters. The Morgan fingerprint density at radius 2 is 1.00 bits per heavy atom. The van der Waals surface area contributed by atoms with Gasteiger partial charge in [0.1, 0.15) is 0 Å². The molecule has 0 radical (unpaired) electrons. The van der Waals surface area contributed by atoms with Crippen LogP contribution in [0.5, 0.6) is 0 Å². The molecule has 0 spiro atoms. The molecule has 1 aromatic carbocycles. The minimum absolute atomic E-state index is 0. The van der Waals surface area contributed by atoms with Gasteiger partial charge in [0.05, 0.1) is 0 Å². The standard InChI is InChI=1S/C10H15.5ClH.Rh/c1-6-7(2)9(4)10(5)8(6)3;;;;;;/h1-5H3;5*1H;/q-1;;;;;;+2/p-5. The number of rotatable bonds is 0. The van der Waals surface area contributed by atoms with Gasteiger partial charge in [-0.05, 0) is 0 Å².